The van der Waals surface area contributed by atoms with Gasteiger partial charge in [0.25, 0.3) is 0 Å². The van der Waals surface area contributed by atoms with E-state index in [0.717, 1.165) is 12.8 Å². The zero-order valence-corrected chi connectivity index (χ0v) is 18.1. The average molecular weight is 457 g/mol. The number of hydrogen-bond acceptors (Lipinski definition) is 2. The maximum Gasteiger partial charge on any atom is 0.342 e. The molecular weight excluding hydrogens is 434 g/mol. The molecule has 1 fully saturated rings. The normalized spacial score (nSPS) is 16.2. The molecule has 3 aromatic carbocycles. The van der Waals surface area contributed by atoms with Crippen molar-refractivity contribution >= 4 is 17.6 Å². The van der Waals surface area contributed by atoms with Crippen molar-refractivity contribution in [3.63, 3.8) is 0 Å². The van der Waals surface area contributed by atoms with Gasteiger partial charge in [-0.15, -0.1) is 0 Å². The van der Waals surface area contributed by atoms with Crippen LogP contribution in [-0.4, -0.2) is 16.7 Å². The number of carboxylic acid groups (broad SMARTS) is 1. The summed E-state index contributed by atoms with van der Waals surface area (Å²) in [4.78, 5) is 12.1. The summed E-state index contributed by atoms with van der Waals surface area (Å²) >= 11 is 5.96. The molecule has 0 aliphatic heterocycles. The summed E-state index contributed by atoms with van der Waals surface area (Å²) in [6.07, 6.45) is 1.48. The Morgan fingerprint density at radius 1 is 1.09 bits per heavy atom. The lowest BCUT2D eigenvalue weighted by atomic mass is 9.76. The summed E-state index contributed by atoms with van der Waals surface area (Å²) in [6, 6.07) is 19.8. The molecule has 2 atom stereocenters. The van der Waals surface area contributed by atoms with E-state index in [0.29, 0.717) is 21.9 Å². The second kappa shape index (κ2) is 9.29. The van der Waals surface area contributed by atoms with Gasteiger partial charge in [0.15, 0.2) is 11.6 Å². The molecular formula is C26H23ClF2O3. The number of ether oxygens (including phenoxy) is 1. The molecule has 3 nitrogen and oxygen atoms in total. The van der Waals surface area contributed by atoms with Crippen LogP contribution < -0.4 is 4.74 Å². The lowest BCUT2D eigenvalue weighted by Gasteiger charge is -2.31. The fraction of sp³-hybridized carbons (Fsp3) is 0.269. The molecule has 3 aromatic rings. The topological polar surface area (TPSA) is 46.5 Å². The van der Waals surface area contributed by atoms with Gasteiger partial charge in [-0.1, -0.05) is 48.0 Å². The number of benzene rings is 3. The van der Waals surface area contributed by atoms with Crippen molar-refractivity contribution in [2.45, 2.75) is 37.3 Å². The third kappa shape index (κ3) is 4.94. The van der Waals surface area contributed by atoms with E-state index in [9.17, 15) is 14.3 Å². The van der Waals surface area contributed by atoms with Gasteiger partial charge >= 0.3 is 5.97 Å². The molecule has 0 saturated heterocycles. The first-order valence-corrected chi connectivity index (χ1v) is 10.9. The van der Waals surface area contributed by atoms with Gasteiger partial charge in [-0.3, -0.25) is 0 Å². The lowest BCUT2D eigenvalue weighted by molar-refractivity contribution is -0.153. The Labute approximate surface area is 190 Å². The highest BCUT2D eigenvalue weighted by atomic mass is 35.5. The number of rotatable bonds is 9. The summed E-state index contributed by atoms with van der Waals surface area (Å²) < 4.78 is 36.0. The number of para-hydroxylation sites is 1. The van der Waals surface area contributed by atoms with Crippen molar-refractivity contribution in [3.05, 3.63) is 94.8 Å². The SMILES string of the molecule is O=C(O)[C@](F)(CCc1ccc(F)c(Oc2ccccc2)c1)[C@H](c1ccc(Cl)cc1)C1CC1. The van der Waals surface area contributed by atoms with Crippen LogP contribution in [-0.2, 0) is 11.2 Å². The smallest absolute Gasteiger partial charge is 0.342 e. The minimum absolute atomic E-state index is 0.0185. The first-order valence-electron chi connectivity index (χ1n) is 10.6. The Bertz CT molecular complexity index is 1080. The molecule has 1 N–H and O–H groups in total. The summed E-state index contributed by atoms with van der Waals surface area (Å²) in [5.74, 6) is -2.32. The molecule has 0 unspecified atom stereocenters. The first-order chi connectivity index (χ1) is 15.4. The molecule has 1 aliphatic carbocycles. The number of alkyl halides is 1. The lowest BCUT2D eigenvalue weighted by Crippen LogP contribution is -2.42. The van der Waals surface area contributed by atoms with E-state index in [1.807, 2.05) is 6.07 Å². The number of carbonyl (C=O) groups is 1. The van der Waals surface area contributed by atoms with Crippen molar-refractivity contribution < 1.29 is 23.4 Å². The molecule has 0 aromatic heterocycles. The number of carboxylic acids is 1. The Morgan fingerprint density at radius 2 is 1.78 bits per heavy atom. The maximum atomic E-state index is 16.1. The van der Waals surface area contributed by atoms with Crippen molar-refractivity contribution in [2.24, 2.45) is 5.92 Å². The quantitative estimate of drug-likeness (QED) is 0.370. The Balaban J connectivity index is 1.56. The van der Waals surface area contributed by atoms with Gasteiger partial charge in [-0.05, 0) is 79.1 Å². The van der Waals surface area contributed by atoms with Gasteiger partial charge in [0.2, 0.25) is 5.67 Å². The molecule has 0 bridgehead atoms. The van der Waals surface area contributed by atoms with Crippen molar-refractivity contribution in [3.8, 4) is 11.5 Å². The Morgan fingerprint density at radius 3 is 2.41 bits per heavy atom. The van der Waals surface area contributed by atoms with Gasteiger partial charge in [-0.2, -0.15) is 0 Å². The summed E-state index contributed by atoms with van der Waals surface area (Å²) in [5.41, 5.74) is -1.22. The van der Waals surface area contributed by atoms with E-state index in [1.165, 1.54) is 18.2 Å². The highest BCUT2D eigenvalue weighted by Crippen LogP contribution is 2.51. The Hall–Kier alpha value is -2.92. The largest absolute Gasteiger partial charge is 0.479 e. The number of aryl methyl sites for hydroxylation is 1. The second-order valence-electron chi connectivity index (χ2n) is 8.21. The van der Waals surface area contributed by atoms with E-state index in [1.54, 1.807) is 48.5 Å². The third-order valence-corrected chi connectivity index (χ3v) is 6.17. The van der Waals surface area contributed by atoms with Crippen LogP contribution in [0.4, 0.5) is 8.78 Å². The minimum Gasteiger partial charge on any atom is -0.479 e. The van der Waals surface area contributed by atoms with Crippen LogP contribution in [0.3, 0.4) is 0 Å². The highest BCUT2D eigenvalue weighted by molar-refractivity contribution is 6.30. The minimum atomic E-state index is -2.45. The van der Waals surface area contributed by atoms with Gasteiger partial charge in [0.05, 0.1) is 0 Å². The Kier molecular flexibility index (Phi) is 6.47. The van der Waals surface area contributed by atoms with Crippen LogP contribution >= 0.6 is 11.6 Å². The van der Waals surface area contributed by atoms with Crippen LogP contribution in [0, 0.1) is 11.7 Å². The number of halogens is 3. The summed E-state index contributed by atoms with van der Waals surface area (Å²) in [5, 5.41) is 10.4. The highest BCUT2D eigenvalue weighted by Gasteiger charge is 2.53. The fourth-order valence-electron chi connectivity index (χ4n) is 4.13. The van der Waals surface area contributed by atoms with Gasteiger partial charge in [-0.25, -0.2) is 13.6 Å². The zero-order valence-electron chi connectivity index (χ0n) is 17.3. The summed E-state index contributed by atoms with van der Waals surface area (Å²) in [7, 11) is 0. The van der Waals surface area contributed by atoms with Crippen LogP contribution in [0.5, 0.6) is 11.5 Å². The summed E-state index contributed by atoms with van der Waals surface area (Å²) in [6.45, 7) is 0. The molecule has 0 amide bonds. The third-order valence-electron chi connectivity index (χ3n) is 5.92. The molecule has 0 spiro atoms. The van der Waals surface area contributed by atoms with Crippen molar-refractivity contribution in [1.82, 2.24) is 0 Å². The number of hydrogen-bond donors (Lipinski definition) is 1. The monoisotopic (exact) mass is 456 g/mol. The van der Waals surface area contributed by atoms with Crippen molar-refractivity contribution in [1.29, 1.82) is 0 Å². The van der Waals surface area contributed by atoms with E-state index in [2.05, 4.69) is 0 Å². The van der Waals surface area contributed by atoms with Crippen LogP contribution in [0.1, 0.15) is 36.3 Å². The predicted octanol–water partition coefficient (Wildman–Crippen LogP) is 7.19. The first kappa shape index (κ1) is 22.3. The molecule has 1 saturated carbocycles. The molecule has 166 valence electrons. The van der Waals surface area contributed by atoms with Gasteiger partial charge in [0.1, 0.15) is 5.75 Å². The molecule has 32 heavy (non-hydrogen) atoms. The molecule has 0 heterocycles. The van der Waals surface area contributed by atoms with Crippen LogP contribution in [0.15, 0.2) is 72.8 Å². The predicted molar refractivity (Wildman–Crippen MR) is 120 cm³/mol. The van der Waals surface area contributed by atoms with Crippen molar-refractivity contribution in [2.75, 3.05) is 0 Å². The maximum absolute atomic E-state index is 16.1. The van der Waals surface area contributed by atoms with Crippen LogP contribution in [0.2, 0.25) is 5.02 Å². The fourth-order valence-corrected chi connectivity index (χ4v) is 4.25. The van der Waals surface area contributed by atoms with E-state index in [-0.39, 0.29) is 24.5 Å². The van der Waals surface area contributed by atoms with E-state index in [4.69, 9.17) is 16.3 Å². The van der Waals surface area contributed by atoms with Gasteiger partial charge < -0.3 is 9.84 Å². The molecule has 4 rings (SSSR count). The standard InChI is InChI=1S/C26H23ClF2O3/c27-20-11-9-19(10-12-20)24(18-7-8-18)26(29,25(30)31)15-14-17-6-13-22(28)23(16-17)32-21-4-2-1-3-5-21/h1-6,9-13,16,18,24H,7-8,14-15H2,(H,30,31)/t24-,26-/m0/s1. The molecule has 0 radical (unpaired) electrons. The molecule has 6 heteroatoms. The van der Waals surface area contributed by atoms with Gasteiger partial charge in [0, 0.05) is 10.9 Å². The zero-order chi connectivity index (χ0) is 22.7. The molecule has 1 aliphatic rings. The van der Waals surface area contributed by atoms with E-state index >= 15 is 4.39 Å². The number of aliphatic carboxylic acids is 1. The second-order valence-corrected chi connectivity index (χ2v) is 8.65. The average Bonchev–Trinajstić information content (AvgIpc) is 3.61. The van der Waals surface area contributed by atoms with Crippen LogP contribution in [0.25, 0.3) is 0 Å². The van der Waals surface area contributed by atoms with E-state index < -0.39 is 23.4 Å².